The predicted molar refractivity (Wildman–Crippen MR) is 66.9 cm³/mol. The zero-order valence-corrected chi connectivity index (χ0v) is 10.8. The van der Waals surface area contributed by atoms with Crippen LogP contribution in [0.4, 0.5) is 13.2 Å². The highest BCUT2D eigenvalue weighted by molar-refractivity contribution is 5.82. The Morgan fingerprint density at radius 2 is 2.20 bits per heavy atom. The molecule has 3 nitrogen and oxygen atoms in total. The van der Waals surface area contributed by atoms with Gasteiger partial charge in [0.15, 0.2) is 0 Å². The molecule has 0 saturated carbocycles. The molecule has 20 heavy (non-hydrogen) atoms. The molecule has 1 fully saturated rings. The van der Waals surface area contributed by atoms with Gasteiger partial charge in [0.2, 0.25) is 5.91 Å². The van der Waals surface area contributed by atoms with Crippen LogP contribution in [-0.2, 0) is 17.8 Å². The molecule has 108 valence electrons. The number of rotatable bonds is 1. The second kappa shape index (κ2) is 4.77. The Kier molecular flexibility index (Phi) is 3.20. The number of alkyl halides is 2. The lowest BCUT2D eigenvalue weighted by atomic mass is 9.98. The van der Waals surface area contributed by atoms with E-state index >= 15 is 0 Å². The van der Waals surface area contributed by atoms with Crippen molar-refractivity contribution >= 4 is 5.91 Å². The summed E-state index contributed by atoms with van der Waals surface area (Å²) in [5.74, 6) is -3.54. The molecule has 3 rings (SSSR count). The Bertz CT molecular complexity index is 547. The number of carbonyl (C=O) groups excluding carboxylic acids is 1. The Hall–Kier alpha value is -1.56. The van der Waals surface area contributed by atoms with Gasteiger partial charge in [0.05, 0.1) is 12.6 Å². The lowest BCUT2D eigenvalue weighted by Crippen LogP contribution is -2.45. The van der Waals surface area contributed by atoms with Crippen LogP contribution in [0.15, 0.2) is 18.2 Å². The van der Waals surface area contributed by atoms with Crippen LogP contribution in [0.3, 0.4) is 0 Å². The van der Waals surface area contributed by atoms with E-state index in [1.165, 1.54) is 11.0 Å². The average Bonchev–Trinajstić information content (AvgIpc) is 2.78. The van der Waals surface area contributed by atoms with Crippen molar-refractivity contribution in [1.82, 2.24) is 10.2 Å². The number of halogens is 3. The summed E-state index contributed by atoms with van der Waals surface area (Å²) in [7, 11) is 0. The molecule has 1 aromatic carbocycles. The Morgan fingerprint density at radius 1 is 1.40 bits per heavy atom. The summed E-state index contributed by atoms with van der Waals surface area (Å²) in [4.78, 5) is 13.7. The molecule has 0 spiro atoms. The molecule has 2 heterocycles. The molecule has 1 unspecified atom stereocenters. The van der Waals surface area contributed by atoms with Gasteiger partial charge in [-0.25, -0.2) is 13.2 Å². The van der Waals surface area contributed by atoms with E-state index in [0.717, 1.165) is 5.56 Å². The fourth-order valence-corrected chi connectivity index (χ4v) is 2.84. The molecule has 0 aliphatic carbocycles. The van der Waals surface area contributed by atoms with Gasteiger partial charge in [-0.05, 0) is 18.1 Å². The van der Waals surface area contributed by atoms with Crippen LogP contribution in [-0.4, -0.2) is 35.9 Å². The van der Waals surface area contributed by atoms with Crippen molar-refractivity contribution in [2.75, 3.05) is 13.1 Å². The van der Waals surface area contributed by atoms with Crippen LogP contribution in [0.1, 0.15) is 17.5 Å². The van der Waals surface area contributed by atoms with E-state index in [1.54, 1.807) is 6.07 Å². The summed E-state index contributed by atoms with van der Waals surface area (Å²) in [6.07, 6.45) is 0.0778. The van der Waals surface area contributed by atoms with Gasteiger partial charge < -0.3 is 4.90 Å². The number of hydrogen-bond donors (Lipinski definition) is 1. The summed E-state index contributed by atoms with van der Waals surface area (Å²) in [5, 5.41) is 2.55. The van der Waals surface area contributed by atoms with E-state index in [4.69, 9.17) is 0 Å². The van der Waals surface area contributed by atoms with Crippen LogP contribution in [0.25, 0.3) is 0 Å². The molecule has 2 aliphatic rings. The van der Waals surface area contributed by atoms with E-state index in [0.29, 0.717) is 18.5 Å². The Labute approximate surface area is 114 Å². The molecule has 0 bridgehead atoms. The highest BCUT2D eigenvalue weighted by Gasteiger charge is 2.43. The lowest BCUT2D eigenvalue weighted by Gasteiger charge is -2.31. The molecule has 1 atom stereocenters. The van der Waals surface area contributed by atoms with E-state index < -0.39 is 24.9 Å². The SMILES string of the molecule is O=C(C1CC(F)(F)CN1)N1CCc2cccc(F)c2C1. The van der Waals surface area contributed by atoms with Crippen molar-refractivity contribution in [3.05, 3.63) is 35.1 Å². The first-order valence-corrected chi connectivity index (χ1v) is 6.62. The molecule has 1 aromatic rings. The minimum atomic E-state index is -2.83. The third-order valence-corrected chi connectivity index (χ3v) is 3.94. The number of benzene rings is 1. The van der Waals surface area contributed by atoms with E-state index in [-0.39, 0.29) is 18.3 Å². The van der Waals surface area contributed by atoms with Crippen molar-refractivity contribution in [3.63, 3.8) is 0 Å². The van der Waals surface area contributed by atoms with Crippen LogP contribution in [0.5, 0.6) is 0 Å². The summed E-state index contributed by atoms with van der Waals surface area (Å²) < 4.78 is 40.0. The molecule has 0 radical (unpaired) electrons. The van der Waals surface area contributed by atoms with E-state index in [1.807, 2.05) is 6.07 Å². The van der Waals surface area contributed by atoms with Gasteiger partial charge in [-0.3, -0.25) is 10.1 Å². The maximum Gasteiger partial charge on any atom is 0.262 e. The van der Waals surface area contributed by atoms with Crippen LogP contribution >= 0.6 is 0 Å². The minimum absolute atomic E-state index is 0.157. The largest absolute Gasteiger partial charge is 0.337 e. The van der Waals surface area contributed by atoms with Gasteiger partial charge in [0.25, 0.3) is 5.92 Å². The molecule has 2 aliphatic heterocycles. The van der Waals surface area contributed by atoms with Gasteiger partial charge in [-0.1, -0.05) is 12.1 Å². The molecule has 1 saturated heterocycles. The molecule has 6 heteroatoms. The number of hydrogen-bond acceptors (Lipinski definition) is 2. The number of amides is 1. The lowest BCUT2D eigenvalue weighted by molar-refractivity contribution is -0.134. The van der Waals surface area contributed by atoms with E-state index in [2.05, 4.69) is 5.32 Å². The van der Waals surface area contributed by atoms with Crippen molar-refractivity contribution in [2.24, 2.45) is 0 Å². The van der Waals surface area contributed by atoms with Crippen LogP contribution in [0, 0.1) is 5.82 Å². The zero-order chi connectivity index (χ0) is 14.3. The first-order valence-electron chi connectivity index (χ1n) is 6.62. The molecular formula is C14H15F3N2O. The van der Waals surface area contributed by atoms with Gasteiger partial charge >= 0.3 is 0 Å². The van der Waals surface area contributed by atoms with Gasteiger partial charge in [-0.15, -0.1) is 0 Å². The van der Waals surface area contributed by atoms with Crippen molar-refractivity contribution in [1.29, 1.82) is 0 Å². The van der Waals surface area contributed by atoms with Crippen molar-refractivity contribution < 1.29 is 18.0 Å². The number of carbonyl (C=O) groups is 1. The standard InChI is InChI=1S/C14H15F3N2O/c15-11-3-1-2-9-4-5-19(7-10(9)11)13(20)12-6-14(16,17)8-18-12/h1-3,12,18H,4-8H2. The second-order valence-corrected chi connectivity index (χ2v) is 5.38. The Morgan fingerprint density at radius 3 is 2.90 bits per heavy atom. The molecular weight excluding hydrogens is 269 g/mol. The highest BCUT2D eigenvalue weighted by Crippen LogP contribution is 2.28. The molecule has 1 amide bonds. The summed E-state index contributed by atoms with van der Waals surface area (Å²) >= 11 is 0. The molecule has 1 N–H and O–H groups in total. The maximum absolute atomic E-state index is 13.7. The van der Waals surface area contributed by atoms with E-state index in [9.17, 15) is 18.0 Å². The smallest absolute Gasteiger partial charge is 0.262 e. The third-order valence-electron chi connectivity index (χ3n) is 3.94. The Balaban J connectivity index is 1.74. The normalized spacial score (nSPS) is 24.6. The maximum atomic E-state index is 13.7. The fraction of sp³-hybridized carbons (Fsp3) is 0.500. The predicted octanol–water partition coefficient (Wildman–Crippen LogP) is 1.71. The highest BCUT2D eigenvalue weighted by atomic mass is 19.3. The first-order chi connectivity index (χ1) is 9.46. The number of nitrogens with zero attached hydrogens (tertiary/aromatic N) is 1. The summed E-state index contributed by atoms with van der Waals surface area (Å²) in [5.41, 5.74) is 1.38. The van der Waals surface area contributed by atoms with Gasteiger partial charge in [0.1, 0.15) is 5.82 Å². The van der Waals surface area contributed by atoms with Gasteiger partial charge in [0, 0.05) is 25.1 Å². The van der Waals surface area contributed by atoms with Crippen molar-refractivity contribution in [3.8, 4) is 0 Å². The molecule has 0 aromatic heterocycles. The van der Waals surface area contributed by atoms with Crippen molar-refractivity contribution in [2.45, 2.75) is 31.4 Å². The minimum Gasteiger partial charge on any atom is -0.337 e. The zero-order valence-electron chi connectivity index (χ0n) is 10.8. The third kappa shape index (κ3) is 2.40. The number of fused-ring (bicyclic) bond motifs is 1. The first kappa shape index (κ1) is 13.4. The van der Waals surface area contributed by atoms with Crippen LogP contribution < -0.4 is 5.32 Å². The summed E-state index contributed by atoms with van der Waals surface area (Å²) in [6.45, 7) is 0.131. The second-order valence-electron chi connectivity index (χ2n) is 5.38. The monoisotopic (exact) mass is 284 g/mol. The number of nitrogens with one attached hydrogen (secondary N) is 1. The summed E-state index contributed by atoms with van der Waals surface area (Å²) in [6, 6.07) is 3.97. The quantitative estimate of drug-likeness (QED) is 0.851. The fourth-order valence-electron chi connectivity index (χ4n) is 2.84. The topological polar surface area (TPSA) is 32.3 Å². The van der Waals surface area contributed by atoms with Crippen LogP contribution in [0.2, 0.25) is 0 Å². The van der Waals surface area contributed by atoms with Gasteiger partial charge in [-0.2, -0.15) is 0 Å². The average molecular weight is 284 g/mol.